The molecule has 30 rings (SSSR count). The van der Waals surface area contributed by atoms with Gasteiger partial charge in [0.1, 0.15) is 0 Å². The highest BCUT2D eigenvalue weighted by Gasteiger charge is 2.42. The van der Waals surface area contributed by atoms with Gasteiger partial charge in [-0.3, -0.25) is 9.13 Å². The molecule has 0 bridgehead atoms. The standard InChI is InChI=1S/C47H32N4.C35H24ClN3.C22H17Cl.C14H9ClN2.C13H10/c1-47(2)36-20-10-6-18-33(36)43-37(47)26-27-41-44(43)35-25-24-30(50-39-22-12-8-16-31(39)32-17-9-13-23-40(32)50)28-42(35)51(41)46-48-38-21-11-7-19-34(38)45(49-46)29-14-4-3-5-15-29;1-35(2)26-14-8-6-12-23(26)31-27(35)18-19-29-32(31)25-17-16-22(36)20-30(25)39(29)34-37-28-15-9-7-13-24(28)33(38-34)21-10-4-3-5-11-21;1-22(2)18-6-4-3-5-17(18)21-19(22)10-7-13-11-14-12-15(23)8-9-16(14)20(13)21;15-14-16-12-9-5-4-8-11(12)13(17-14)10-6-2-1-3-7-10;1-3-7-12-10(5-1)9-11-6-2-4-8-13(11)12/h3-28H,1-2H3;3-20H,1-2H3;3-10,12H,11H2,1-2H3;1-9H;1-8H,9H2. The van der Waals surface area contributed by atoms with Gasteiger partial charge in [0.05, 0.1) is 66.7 Å². The lowest BCUT2D eigenvalue weighted by atomic mass is 9.82. The van der Waals surface area contributed by atoms with Crippen LogP contribution in [0.5, 0.6) is 0 Å². The van der Waals surface area contributed by atoms with Crippen LogP contribution in [0.1, 0.15) is 97.2 Å². The molecule has 0 atom stereocenters. The minimum Gasteiger partial charge on any atom is -0.309 e. The third-order valence-corrected chi connectivity index (χ3v) is 30.9. The number of aromatic nitrogens is 9. The van der Waals surface area contributed by atoms with Crippen LogP contribution in [0.4, 0.5) is 0 Å². The first-order valence-corrected chi connectivity index (χ1v) is 50.0. The topological polar surface area (TPSA) is 92.1 Å². The van der Waals surface area contributed by atoms with Gasteiger partial charge in [-0.2, -0.15) is 0 Å². The van der Waals surface area contributed by atoms with Crippen LogP contribution >= 0.6 is 34.8 Å². The molecule has 5 aliphatic carbocycles. The van der Waals surface area contributed by atoms with Crippen molar-refractivity contribution in [2.45, 2.75) is 70.6 Å². The average Bonchev–Trinajstić information content (AvgIpc) is 1.54. The predicted octanol–water partition coefficient (Wildman–Crippen LogP) is 34.6. The molecule has 0 aliphatic heterocycles. The molecule has 6 aromatic heterocycles. The van der Waals surface area contributed by atoms with Crippen molar-refractivity contribution in [2.75, 3.05) is 0 Å². The van der Waals surface area contributed by atoms with Crippen molar-refractivity contribution in [3.63, 3.8) is 0 Å². The molecule has 25 aromatic rings. The number of halogens is 3. The second-order valence-electron chi connectivity index (χ2n) is 39.4. The van der Waals surface area contributed by atoms with Crippen LogP contribution < -0.4 is 0 Å². The third kappa shape index (κ3) is 14.2. The first kappa shape index (κ1) is 86.8. The summed E-state index contributed by atoms with van der Waals surface area (Å²) >= 11 is 18.8. The Labute approximate surface area is 843 Å². The van der Waals surface area contributed by atoms with Crippen LogP contribution in [0.3, 0.4) is 0 Å². The van der Waals surface area contributed by atoms with Gasteiger partial charge in [-0.25, -0.2) is 29.9 Å². The Hall–Kier alpha value is -16.5. The lowest BCUT2D eigenvalue weighted by Gasteiger charge is -2.21. The fraction of sp³-hybridized carbons (Fsp3) is 0.0840. The van der Waals surface area contributed by atoms with E-state index >= 15 is 0 Å². The maximum absolute atomic E-state index is 6.62. The van der Waals surface area contributed by atoms with Crippen molar-refractivity contribution < 1.29 is 0 Å². The first-order valence-electron chi connectivity index (χ1n) is 48.9. The van der Waals surface area contributed by atoms with E-state index in [1.54, 1.807) is 0 Å². The fourth-order valence-corrected chi connectivity index (χ4v) is 24.2. The molecule has 9 nitrogen and oxygen atoms in total. The van der Waals surface area contributed by atoms with E-state index in [1.165, 1.54) is 149 Å². The lowest BCUT2D eigenvalue weighted by Crippen LogP contribution is -2.14. The molecule has 143 heavy (non-hydrogen) atoms. The maximum atomic E-state index is 6.62. The second-order valence-corrected chi connectivity index (χ2v) is 40.6. The molecule has 0 fully saturated rings. The molecule has 0 radical (unpaired) electrons. The van der Waals surface area contributed by atoms with Crippen molar-refractivity contribution >= 4 is 133 Å². The molecule has 0 saturated carbocycles. The Morgan fingerprint density at radius 2 is 0.580 bits per heavy atom. The number of hydrogen-bond acceptors (Lipinski definition) is 6. The van der Waals surface area contributed by atoms with Crippen LogP contribution in [-0.4, -0.2) is 43.6 Å². The Kier molecular flexibility index (Phi) is 20.7. The number of nitrogens with zero attached hydrogens (tertiary/aromatic N) is 9. The highest BCUT2D eigenvalue weighted by molar-refractivity contribution is 6.32. The van der Waals surface area contributed by atoms with Gasteiger partial charge in [0.2, 0.25) is 17.2 Å². The molecule has 19 aromatic carbocycles. The van der Waals surface area contributed by atoms with Crippen molar-refractivity contribution in [3.8, 4) is 107 Å². The lowest BCUT2D eigenvalue weighted by molar-refractivity contribution is 0.660. The summed E-state index contributed by atoms with van der Waals surface area (Å²) in [5, 5.41) is 12.2. The van der Waals surface area contributed by atoms with Gasteiger partial charge in [-0.05, 0) is 215 Å². The molecule has 0 saturated heterocycles. The van der Waals surface area contributed by atoms with Gasteiger partial charge in [0.25, 0.3) is 0 Å². The van der Waals surface area contributed by atoms with E-state index in [0.717, 1.165) is 117 Å². The van der Waals surface area contributed by atoms with E-state index in [0.29, 0.717) is 16.9 Å². The van der Waals surface area contributed by atoms with Crippen LogP contribution in [0.25, 0.3) is 205 Å². The molecule has 0 amide bonds. The number of benzene rings is 19. The molecule has 12 heteroatoms. The summed E-state index contributed by atoms with van der Waals surface area (Å²) in [5.41, 5.74) is 43.8. The van der Waals surface area contributed by atoms with E-state index in [9.17, 15) is 0 Å². The van der Waals surface area contributed by atoms with Crippen LogP contribution in [0, 0.1) is 0 Å². The first-order chi connectivity index (χ1) is 70.0. The molecule has 5 aliphatic rings. The van der Waals surface area contributed by atoms with Crippen LogP contribution in [0.2, 0.25) is 15.3 Å². The van der Waals surface area contributed by atoms with Crippen LogP contribution in [-0.2, 0) is 29.1 Å². The zero-order valence-electron chi connectivity index (χ0n) is 79.5. The fourth-order valence-electron chi connectivity index (χ4n) is 23.7. The highest BCUT2D eigenvalue weighted by Crippen LogP contribution is 2.59. The van der Waals surface area contributed by atoms with Gasteiger partial charge in [-0.15, -0.1) is 0 Å². The molecular weight excluding hydrogens is 1810 g/mol. The van der Waals surface area contributed by atoms with E-state index in [2.05, 4.69) is 399 Å². The Bertz CT molecular complexity index is 9470. The smallest absolute Gasteiger partial charge is 0.235 e. The molecule has 0 N–H and O–H groups in total. The molecule has 682 valence electrons. The Morgan fingerprint density at radius 3 is 1.07 bits per heavy atom. The van der Waals surface area contributed by atoms with Crippen molar-refractivity contribution in [2.24, 2.45) is 0 Å². The molecule has 0 unspecified atom stereocenters. The summed E-state index contributed by atoms with van der Waals surface area (Å²) in [6, 6.07) is 150. The third-order valence-electron chi connectivity index (χ3n) is 30.3. The number of para-hydroxylation sites is 5. The van der Waals surface area contributed by atoms with Gasteiger partial charge in [0, 0.05) is 97.1 Å². The van der Waals surface area contributed by atoms with Crippen molar-refractivity contribution in [3.05, 3.63) is 496 Å². The minimum absolute atomic E-state index is 0.0656. The second kappa shape index (κ2) is 34.2. The molecule has 6 heterocycles. The minimum atomic E-state index is -0.114. The van der Waals surface area contributed by atoms with Gasteiger partial charge in [0.15, 0.2) is 0 Å². The van der Waals surface area contributed by atoms with Gasteiger partial charge < -0.3 is 4.57 Å². The monoisotopic (exact) mass is 1900 g/mol. The zero-order valence-corrected chi connectivity index (χ0v) is 81.8. The molecule has 0 spiro atoms. The summed E-state index contributed by atoms with van der Waals surface area (Å²) in [4.78, 5) is 29.6. The summed E-state index contributed by atoms with van der Waals surface area (Å²) in [5.74, 6) is 1.30. The molecular formula is C131H92Cl3N9. The Balaban J connectivity index is 0.0000000993. The van der Waals surface area contributed by atoms with Crippen molar-refractivity contribution in [1.82, 2.24) is 43.6 Å². The maximum Gasteiger partial charge on any atom is 0.235 e. The SMILES string of the molecule is CC1(C)c2ccccc2-c2c1ccc1c2-c2ccc(Cl)cc2C1.CC1(C)c2ccccc2-c2c1ccc1c2c2ccc(-n3c4ccccc4c4ccccc43)cc2n1-c1nc(-c2ccccc2)c2ccccc2n1.CC1(C)c2ccccc2-c2c1ccc1c2c2ccc(Cl)cc2n1-c1nc(-c2ccccc2)c2ccccc2n1.Clc1nc(-c2ccccc2)c2ccccc2n1.c1ccc2c(c1)Cc1ccccc1-2. The van der Waals surface area contributed by atoms with Gasteiger partial charge in [-0.1, -0.05) is 411 Å². The normalized spacial score (nSPS) is 13.5. The van der Waals surface area contributed by atoms with E-state index in [4.69, 9.17) is 54.7 Å². The zero-order chi connectivity index (χ0) is 96.3. The van der Waals surface area contributed by atoms with E-state index in [-0.39, 0.29) is 21.5 Å². The summed E-state index contributed by atoms with van der Waals surface area (Å²) in [6.07, 6.45) is 2.09. The average molecular weight is 1900 g/mol. The summed E-state index contributed by atoms with van der Waals surface area (Å²) in [6.45, 7) is 14.0. The predicted molar refractivity (Wildman–Crippen MR) is 595 cm³/mol. The Morgan fingerprint density at radius 1 is 0.217 bits per heavy atom. The summed E-state index contributed by atoms with van der Waals surface area (Å²) < 4.78 is 6.88. The quantitative estimate of drug-likeness (QED) is 0.154. The summed E-state index contributed by atoms with van der Waals surface area (Å²) in [7, 11) is 0. The van der Waals surface area contributed by atoms with E-state index in [1.807, 2.05) is 91.0 Å². The number of rotatable bonds is 6. The van der Waals surface area contributed by atoms with Crippen LogP contribution in [0.15, 0.2) is 425 Å². The van der Waals surface area contributed by atoms with Gasteiger partial charge >= 0.3 is 0 Å². The number of hydrogen-bond donors (Lipinski definition) is 0. The van der Waals surface area contributed by atoms with Crippen molar-refractivity contribution in [1.29, 1.82) is 0 Å². The highest BCUT2D eigenvalue weighted by atomic mass is 35.5. The van der Waals surface area contributed by atoms with E-state index < -0.39 is 0 Å². The largest absolute Gasteiger partial charge is 0.309 e. The number of fused-ring (bicyclic) bond motifs is 30.